The third kappa shape index (κ3) is 4.10. The first kappa shape index (κ1) is 13.6. The minimum Gasteiger partial charge on any atom is -0.378 e. The summed E-state index contributed by atoms with van der Waals surface area (Å²) in [5, 5.41) is 9.41. The lowest BCUT2D eigenvalue weighted by Gasteiger charge is -2.31. The molecule has 6 heteroatoms. The fourth-order valence-corrected chi connectivity index (χ4v) is 4.54. The van der Waals surface area contributed by atoms with Crippen molar-refractivity contribution >= 4 is 18.3 Å². The minimum absolute atomic E-state index is 0.0633. The molecule has 0 aromatic rings. The summed E-state index contributed by atoms with van der Waals surface area (Å²) in [5.41, 5.74) is 4.68. The molecule has 0 heterocycles. The second-order valence-electron chi connectivity index (χ2n) is 4.32. The lowest BCUT2D eigenvalue weighted by molar-refractivity contribution is 0.140. The van der Waals surface area contributed by atoms with E-state index in [0.29, 0.717) is 0 Å². The van der Waals surface area contributed by atoms with Crippen molar-refractivity contribution in [3.8, 4) is 0 Å². The van der Waals surface area contributed by atoms with Gasteiger partial charge in [0.05, 0.1) is 5.66 Å². The topological polar surface area (TPSA) is 86.7 Å². The maximum Gasteiger partial charge on any atom is 0.190 e. The Morgan fingerprint density at radius 3 is 1.93 bits per heavy atom. The quantitative estimate of drug-likeness (QED) is 0.341. The summed E-state index contributed by atoms with van der Waals surface area (Å²) < 4.78 is 0. The van der Waals surface area contributed by atoms with Gasteiger partial charge < -0.3 is 20.6 Å². The molecule has 0 bridgehead atoms. The number of hydrogen-bond acceptors (Lipinski definition) is 3. The van der Waals surface area contributed by atoms with Gasteiger partial charge in [0, 0.05) is 0 Å². The average molecular weight is 253 g/mol. The smallest absolute Gasteiger partial charge is 0.190 e. The molecular formula is C9H20NO3PS. The molecule has 0 aliphatic heterocycles. The summed E-state index contributed by atoms with van der Waals surface area (Å²) in [6.07, 6.45) is 5.02. The number of aliphatic hydroxyl groups excluding tert-OH is 1. The van der Waals surface area contributed by atoms with E-state index >= 15 is 0 Å². The molecule has 0 aromatic carbocycles. The summed E-state index contributed by atoms with van der Waals surface area (Å²) >= 11 is 4.69. The van der Waals surface area contributed by atoms with E-state index in [-0.39, 0.29) is 5.92 Å². The highest BCUT2D eigenvalue weighted by molar-refractivity contribution is 8.09. The Hall–Kier alpha value is 0.490. The number of rotatable bonds is 3. The van der Waals surface area contributed by atoms with Crippen molar-refractivity contribution in [2.75, 3.05) is 0 Å². The zero-order valence-corrected chi connectivity index (χ0v) is 10.5. The normalized spacial score (nSPS) is 24.5. The van der Waals surface area contributed by atoms with Gasteiger partial charge in [-0.15, -0.1) is 0 Å². The van der Waals surface area contributed by atoms with Crippen LogP contribution in [0.25, 0.3) is 0 Å². The van der Waals surface area contributed by atoms with Crippen LogP contribution in [0.3, 0.4) is 0 Å². The van der Waals surface area contributed by atoms with Crippen LogP contribution in [-0.2, 0) is 11.8 Å². The van der Waals surface area contributed by atoms with Crippen LogP contribution >= 0.6 is 6.49 Å². The van der Waals surface area contributed by atoms with Gasteiger partial charge in [0.2, 0.25) is 0 Å². The Morgan fingerprint density at radius 1 is 1.13 bits per heavy atom. The monoisotopic (exact) mass is 253 g/mol. The van der Waals surface area contributed by atoms with Crippen LogP contribution in [0, 0.1) is 5.92 Å². The van der Waals surface area contributed by atoms with Crippen molar-refractivity contribution < 1.29 is 14.9 Å². The molecule has 1 aliphatic rings. The Labute approximate surface area is 95.7 Å². The van der Waals surface area contributed by atoms with Crippen LogP contribution in [0.4, 0.5) is 0 Å². The van der Waals surface area contributed by atoms with Crippen molar-refractivity contribution in [3.63, 3.8) is 0 Å². The van der Waals surface area contributed by atoms with Crippen molar-refractivity contribution in [1.82, 2.24) is 0 Å². The fraction of sp³-hybridized carbons (Fsp3) is 1.00. The van der Waals surface area contributed by atoms with Gasteiger partial charge in [-0.05, 0) is 30.6 Å². The third-order valence-corrected chi connectivity index (χ3v) is 5.36. The molecule has 1 aliphatic carbocycles. The molecule has 15 heavy (non-hydrogen) atoms. The van der Waals surface area contributed by atoms with Gasteiger partial charge >= 0.3 is 0 Å². The highest BCUT2D eigenvalue weighted by Crippen LogP contribution is 2.49. The maximum absolute atomic E-state index is 9.53. The first-order chi connectivity index (χ1) is 6.93. The predicted molar refractivity (Wildman–Crippen MR) is 63.9 cm³/mol. The molecule has 0 amide bonds. The van der Waals surface area contributed by atoms with Crippen molar-refractivity contribution in [1.29, 1.82) is 0 Å². The van der Waals surface area contributed by atoms with E-state index in [9.17, 15) is 14.9 Å². The fourth-order valence-electron chi connectivity index (χ4n) is 2.40. The van der Waals surface area contributed by atoms with E-state index in [1.54, 1.807) is 0 Å². The van der Waals surface area contributed by atoms with Crippen molar-refractivity contribution in [2.24, 2.45) is 11.7 Å². The van der Waals surface area contributed by atoms with E-state index in [0.717, 1.165) is 25.7 Å². The lowest BCUT2D eigenvalue weighted by Crippen LogP contribution is -2.39. The first-order valence-electron chi connectivity index (χ1n) is 5.42. The summed E-state index contributed by atoms with van der Waals surface area (Å²) in [7, 11) is 0. The van der Waals surface area contributed by atoms with E-state index in [2.05, 4.69) is 11.8 Å². The van der Waals surface area contributed by atoms with Crippen LogP contribution in [-0.4, -0.2) is 26.8 Å². The van der Waals surface area contributed by atoms with E-state index in [4.69, 9.17) is 5.73 Å². The predicted octanol–water partition coefficient (Wildman–Crippen LogP) is 0.897. The summed E-state index contributed by atoms with van der Waals surface area (Å²) in [6.45, 7) is -3.46. The highest BCUT2D eigenvalue weighted by atomic mass is 32.5. The Bertz CT molecular complexity index is 236. The van der Waals surface area contributed by atoms with Crippen molar-refractivity contribution in [3.05, 3.63) is 0 Å². The second kappa shape index (κ2) is 5.71. The lowest BCUT2D eigenvalue weighted by atomic mass is 9.95. The number of hydrogen-bond donors (Lipinski definition) is 4. The van der Waals surface area contributed by atoms with Crippen LogP contribution in [0.2, 0.25) is 0 Å². The summed E-state index contributed by atoms with van der Waals surface area (Å²) in [6, 6.07) is 0. The summed E-state index contributed by atoms with van der Waals surface area (Å²) in [5.74, 6) is 0.0633. The molecule has 0 saturated heterocycles. The van der Waals surface area contributed by atoms with Gasteiger partial charge in [0.15, 0.2) is 6.49 Å². The Morgan fingerprint density at radius 2 is 1.60 bits per heavy atom. The van der Waals surface area contributed by atoms with Gasteiger partial charge in [-0.3, -0.25) is 0 Å². The number of nitrogens with two attached hydrogens (primary N) is 1. The molecule has 2 unspecified atom stereocenters. The van der Waals surface area contributed by atoms with Crippen LogP contribution in [0.15, 0.2) is 0 Å². The molecule has 1 saturated carbocycles. The molecule has 1 rings (SSSR count). The number of aliphatic hydroxyl groups is 1. The molecule has 4 nitrogen and oxygen atoms in total. The Kier molecular flexibility index (Phi) is 5.16. The summed E-state index contributed by atoms with van der Waals surface area (Å²) in [4.78, 5) is 19.1. The largest absolute Gasteiger partial charge is 0.378 e. The maximum atomic E-state index is 9.53. The average Bonchev–Trinajstić information content (AvgIpc) is 2.29. The molecule has 0 radical (unpaired) electrons. The van der Waals surface area contributed by atoms with Gasteiger partial charge in [0.1, 0.15) is 6.23 Å². The minimum atomic E-state index is -3.46. The molecular weight excluding hydrogens is 233 g/mol. The van der Waals surface area contributed by atoms with Gasteiger partial charge in [-0.1, -0.05) is 25.7 Å². The van der Waals surface area contributed by atoms with E-state index in [1.807, 2.05) is 0 Å². The molecule has 90 valence electrons. The standard InChI is InChI=1S/C9H20NO3PS/c10-9(11)8(14(12,13)15)7-5-3-1-2-4-6-7/h7-9,11H,1-6,10H2,(H2,12,13,15). The van der Waals surface area contributed by atoms with E-state index < -0.39 is 18.4 Å². The Balaban J connectivity index is 2.74. The molecule has 5 N–H and O–H groups in total. The van der Waals surface area contributed by atoms with Gasteiger partial charge in [0.25, 0.3) is 0 Å². The van der Waals surface area contributed by atoms with E-state index in [1.165, 1.54) is 12.8 Å². The van der Waals surface area contributed by atoms with Crippen LogP contribution in [0.1, 0.15) is 38.5 Å². The first-order valence-corrected chi connectivity index (χ1v) is 8.19. The molecule has 2 atom stereocenters. The SMILES string of the molecule is NC(O)C(C1CCCCCC1)P(O)(O)=S. The van der Waals surface area contributed by atoms with Gasteiger partial charge in [-0.2, -0.15) is 0 Å². The van der Waals surface area contributed by atoms with Crippen LogP contribution in [0.5, 0.6) is 0 Å². The van der Waals surface area contributed by atoms with Gasteiger partial charge in [-0.25, -0.2) is 0 Å². The second-order valence-corrected chi connectivity index (χ2v) is 7.71. The van der Waals surface area contributed by atoms with Crippen LogP contribution < -0.4 is 5.73 Å². The third-order valence-electron chi connectivity index (χ3n) is 3.12. The van der Waals surface area contributed by atoms with Crippen molar-refractivity contribution in [2.45, 2.75) is 50.4 Å². The molecule has 0 aromatic heterocycles. The highest BCUT2D eigenvalue weighted by Gasteiger charge is 2.36. The molecule has 0 spiro atoms. The zero-order valence-electron chi connectivity index (χ0n) is 8.75. The molecule has 1 fully saturated rings. The zero-order chi connectivity index (χ0) is 11.5.